The first kappa shape index (κ1) is 16.0. The van der Waals surface area contributed by atoms with Crippen LogP contribution in [0.3, 0.4) is 0 Å². The largest absolute Gasteiger partial charge is 0.465 e. The molecule has 0 spiro atoms. The van der Waals surface area contributed by atoms with Crippen LogP contribution in [0.2, 0.25) is 0 Å². The molecule has 126 valence electrons. The van der Waals surface area contributed by atoms with Gasteiger partial charge in [0.2, 0.25) is 0 Å². The summed E-state index contributed by atoms with van der Waals surface area (Å²) in [5, 5.41) is 9.02. The molecule has 23 heavy (non-hydrogen) atoms. The third-order valence-corrected chi connectivity index (χ3v) is 5.16. The fourth-order valence-corrected chi connectivity index (χ4v) is 3.81. The van der Waals surface area contributed by atoms with E-state index in [0.717, 1.165) is 38.8 Å². The first-order chi connectivity index (χ1) is 11.0. The number of nitrogens with zero attached hydrogens (tertiary/aromatic N) is 4. The summed E-state index contributed by atoms with van der Waals surface area (Å²) in [5.74, 6) is 1.84. The molecule has 1 aromatic rings. The van der Waals surface area contributed by atoms with Crippen LogP contribution < -0.4 is 4.90 Å². The molecule has 1 amide bonds. The normalized spacial score (nSPS) is 20.8. The fourth-order valence-electron chi connectivity index (χ4n) is 3.81. The van der Waals surface area contributed by atoms with Crippen molar-refractivity contribution in [1.29, 1.82) is 0 Å². The molecule has 1 aromatic heterocycles. The van der Waals surface area contributed by atoms with Crippen LogP contribution >= 0.6 is 0 Å². The summed E-state index contributed by atoms with van der Waals surface area (Å²) in [5.41, 5.74) is 0. The maximum absolute atomic E-state index is 13.9. The molecule has 1 N–H and O–H groups in total. The Morgan fingerprint density at radius 3 is 2.30 bits per heavy atom. The van der Waals surface area contributed by atoms with Gasteiger partial charge in [-0.05, 0) is 44.4 Å². The van der Waals surface area contributed by atoms with Crippen molar-refractivity contribution in [3.8, 4) is 0 Å². The molecule has 0 atom stereocenters. The van der Waals surface area contributed by atoms with Crippen molar-refractivity contribution in [2.45, 2.75) is 32.6 Å². The highest BCUT2D eigenvalue weighted by molar-refractivity contribution is 5.64. The number of halogens is 1. The maximum atomic E-state index is 13.9. The van der Waals surface area contributed by atoms with Gasteiger partial charge >= 0.3 is 6.09 Å². The van der Waals surface area contributed by atoms with E-state index < -0.39 is 6.09 Å². The van der Waals surface area contributed by atoms with Gasteiger partial charge in [-0.15, -0.1) is 0 Å². The van der Waals surface area contributed by atoms with Gasteiger partial charge in [0.05, 0.1) is 6.20 Å². The zero-order valence-corrected chi connectivity index (χ0v) is 13.4. The molecule has 0 radical (unpaired) electrons. The van der Waals surface area contributed by atoms with Crippen molar-refractivity contribution in [1.82, 2.24) is 14.9 Å². The Morgan fingerprint density at radius 1 is 1.17 bits per heavy atom. The smallest absolute Gasteiger partial charge is 0.407 e. The third-order valence-electron chi connectivity index (χ3n) is 5.16. The fraction of sp³-hybridized carbons (Fsp3) is 0.688. The average molecular weight is 322 g/mol. The molecule has 0 aromatic carbocycles. The van der Waals surface area contributed by atoms with Crippen LogP contribution in [0, 0.1) is 24.6 Å². The second-order valence-corrected chi connectivity index (χ2v) is 6.52. The van der Waals surface area contributed by atoms with E-state index >= 15 is 0 Å². The van der Waals surface area contributed by atoms with Gasteiger partial charge in [0.1, 0.15) is 5.82 Å². The van der Waals surface area contributed by atoms with Gasteiger partial charge in [-0.1, -0.05) is 0 Å². The van der Waals surface area contributed by atoms with Crippen LogP contribution in [0.15, 0.2) is 6.20 Å². The van der Waals surface area contributed by atoms with Crippen molar-refractivity contribution in [2.75, 3.05) is 31.1 Å². The summed E-state index contributed by atoms with van der Waals surface area (Å²) < 4.78 is 13.9. The number of carbonyl (C=O) groups is 1. The number of rotatable bonds is 2. The topological polar surface area (TPSA) is 69.6 Å². The summed E-state index contributed by atoms with van der Waals surface area (Å²) >= 11 is 0. The molecular weight excluding hydrogens is 299 g/mol. The summed E-state index contributed by atoms with van der Waals surface area (Å²) in [6.07, 6.45) is 4.34. The maximum Gasteiger partial charge on any atom is 0.407 e. The van der Waals surface area contributed by atoms with Crippen LogP contribution in [-0.4, -0.2) is 52.2 Å². The summed E-state index contributed by atoms with van der Waals surface area (Å²) in [7, 11) is 0. The van der Waals surface area contributed by atoms with Crippen molar-refractivity contribution in [3.05, 3.63) is 17.8 Å². The predicted octanol–water partition coefficient (Wildman–Crippen LogP) is 2.53. The Bertz CT molecular complexity index is 567. The minimum atomic E-state index is -0.812. The monoisotopic (exact) mass is 322 g/mol. The van der Waals surface area contributed by atoms with Crippen LogP contribution in [0.4, 0.5) is 15.0 Å². The van der Waals surface area contributed by atoms with Gasteiger partial charge in [0, 0.05) is 26.2 Å². The number of piperidine rings is 2. The zero-order valence-electron chi connectivity index (χ0n) is 13.4. The van der Waals surface area contributed by atoms with Gasteiger partial charge < -0.3 is 14.9 Å². The van der Waals surface area contributed by atoms with Crippen molar-refractivity contribution in [3.63, 3.8) is 0 Å². The number of aryl methyl sites for hydroxylation is 1. The van der Waals surface area contributed by atoms with E-state index in [9.17, 15) is 9.18 Å². The predicted molar refractivity (Wildman–Crippen MR) is 84.0 cm³/mol. The van der Waals surface area contributed by atoms with Crippen molar-refractivity contribution >= 4 is 11.9 Å². The summed E-state index contributed by atoms with van der Waals surface area (Å²) in [4.78, 5) is 22.6. The number of likely N-dealkylation sites (tertiary alicyclic amines) is 1. The number of hydrogen-bond acceptors (Lipinski definition) is 4. The number of carboxylic acid groups (broad SMARTS) is 1. The molecule has 6 nitrogen and oxygen atoms in total. The Morgan fingerprint density at radius 2 is 1.74 bits per heavy atom. The molecule has 2 aliphatic rings. The van der Waals surface area contributed by atoms with Crippen LogP contribution in [0.1, 0.15) is 31.5 Å². The standard InChI is InChI=1S/C16H23FN4O2/c1-11-18-10-14(17)15(19-11)20-6-2-12(3-7-20)13-4-8-21(9-5-13)16(22)23/h10,12-13H,2-9H2,1H3,(H,22,23). The van der Waals surface area contributed by atoms with Gasteiger partial charge in [0.25, 0.3) is 0 Å². The molecule has 0 unspecified atom stereocenters. The van der Waals surface area contributed by atoms with Gasteiger partial charge in [-0.3, -0.25) is 0 Å². The quantitative estimate of drug-likeness (QED) is 0.906. The highest BCUT2D eigenvalue weighted by Crippen LogP contribution is 2.33. The van der Waals surface area contributed by atoms with E-state index in [2.05, 4.69) is 9.97 Å². The van der Waals surface area contributed by atoms with Gasteiger partial charge in [0.15, 0.2) is 11.6 Å². The second kappa shape index (κ2) is 6.68. The lowest BCUT2D eigenvalue weighted by Gasteiger charge is -2.40. The summed E-state index contributed by atoms with van der Waals surface area (Å²) in [6, 6.07) is 0. The van der Waals surface area contributed by atoms with E-state index in [1.807, 2.05) is 4.90 Å². The molecule has 0 aliphatic carbocycles. The van der Waals surface area contributed by atoms with E-state index in [4.69, 9.17) is 5.11 Å². The average Bonchev–Trinajstić information content (AvgIpc) is 2.57. The number of hydrogen-bond donors (Lipinski definition) is 1. The Labute approximate surface area is 135 Å². The Hall–Kier alpha value is -1.92. The van der Waals surface area contributed by atoms with Crippen molar-refractivity contribution < 1.29 is 14.3 Å². The second-order valence-electron chi connectivity index (χ2n) is 6.52. The number of aromatic nitrogens is 2. The van der Waals surface area contributed by atoms with E-state index in [0.29, 0.717) is 36.6 Å². The first-order valence-corrected chi connectivity index (χ1v) is 8.26. The Balaban J connectivity index is 1.55. The molecule has 2 saturated heterocycles. The SMILES string of the molecule is Cc1ncc(F)c(N2CCC(C3CCN(C(=O)O)CC3)CC2)n1. The summed E-state index contributed by atoms with van der Waals surface area (Å²) in [6.45, 7) is 4.65. The molecule has 0 saturated carbocycles. The molecule has 0 bridgehead atoms. The number of amides is 1. The van der Waals surface area contributed by atoms with Crippen LogP contribution in [-0.2, 0) is 0 Å². The third kappa shape index (κ3) is 3.54. The molecule has 7 heteroatoms. The lowest BCUT2D eigenvalue weighted by molar-refractivity contribution is 0.107. The minimum absolute atomic E-state index is 0.358. The molecule has 3 rings (SSSR count). The van der Waals surface area contributed by atoms with Gasteiger partial charge in [-0.25, -0.2) is 19.2 Å². The molecule has 2 aliphatic heterocycles. The lowest BCUT2D eigenvalue weighted by atomic mass is 9.79. The van der Waals surface area contributed by atoms with Gasteiger partial charge in [-0.2, -0.15) is 0 Å². The van der Waals surface area contributed by atoms with E-state index in [1.165, 1.54) is 11.1 Å². The number of anilines is 1. The minimum Gasteiger partial charge on any atom is -0.465 e. The zero-order chi connectivity index (χ0) is 16.4. The van der Waals surface area contributed by atoms with Crippen LogP contribution in [0.5, 0.6) is 0 Å². The van der Waals surface area contributed by atoms with E-state index in [1.54, 1.807) is 6.92 Å². The van der Waals surface area contributed by atoms with Crippen LogP contribution in [0.25, 0.3) is 0 Å². The molecule has 2 fully saturated rings. The Kier molecular flexibility index (Phi) is 4.63. The highest BCUT2D eigenvalue weighted by atomic mass is 19.1. The molecule has 3 heterocycles. The van der Waals surface area contributed by atoms with Crippen molar-refractivity contribution in [2.24, 2.45) is 11.8 Å². The highest BCUT2D eigenvalue weighted by Gasteiger charge is 2.31. The lowest BCUT2D eigenvalue weighted by Crippen LogP contribution is -2.42. The first-order valence-electron chi connectivity index (χ1n) is 8.26. The van der Waals surface area contributed by atoms with E-state index in [-0.39, 0.29) is 5.82 Å². The molecular formula is C16H23FN4O2.